The maximum Gasteiger partial charge on any atom is 0.269 e. The van der Waals surface area contributed by atoms with Gasteiger partial charge in [0.2, 0.25) is 16.6 Å². The van der Waals surface area contributed by atoms with Crippen LogP contribution in [0, 0.1) is 0 Å². The van der Waals surface area contributed by atoms with Crippen LogP contribution in [0.25, 0.3) is 0 Å². The standard InChI is InChI=1S/C18H38O3Si2/c1-11-12-13-14-16(20-22(5,6)7)15-17(19-18(2,3)4)21-23(8,9)10/h14-15H,11-13H2,1-10H3/b16-14+,17-15-. The molecule has 0 aliphatic heterocycles. The summed E-state index contributed by atoms with van der Waals surface area (Å²) < 4.78 is 18.4. The van der Waals surface area contributed by atoms with E-state index in [1.165, 1.54) is 6.42 Å². The summed E-state index contributed by atoms with van der Waals surface area (Å²) in [6.07, 6.45) is 7.47. The third-order valence-electron chi connectivity index (χ3n) is 2.40. The van der Waals surface area contributed by atoms with Crippen molar-refractivity contribution in [3.63, 3.8) is 0 Å². The Morgan fingerprint density at radius 2 is 1.43 bits per heavy atom. The van der Waals surface area contributed by atoms with Gasteiger partial charge in [-0.15, -0.1) is 0 Å². The summed E-state index contributed by atoms with van der Waals surface area (Å²) in [7, 11) is -3.43. The lowest BCUT2D eigenvalue weighted by Gasteiger charge is -2.29. The van der Waals surface area contributed by atoms with Crippen molar-refractivity contribution in [1.29, 1.82) is 0 Å². The maximum absolute atomic E-state index is 6.22. The number of unbranched alkanes of at least 4 members (excludes halogenated alkanes) is 2. The molecule has 0 radical (unpaired) electrons. The van der Waals surface area contributed by atoms with Crippen molar-refractivity contribution >= 4 is 16.6 Å². The summed E-state index contributed by atoms with van der Waals surface area (Å²) in [5.41, 5.74) is -0.292. The van der Waals surface area contributed by atoms with Crippen LogP contribution in [0.1, 0.15) is 47.0 Å². The van der Waals surface area contributed by atoms with Gasteiger partial charge in [-0.3, -0.25) is 0 Å². The van der Waals surface area contributed by atoms with Crippen LogP contribution in [0.3, 0.4) is 0 Å². The molecule has 0 unspecified atom stereocenters. The predicted molar refractivity (Wildman–Crippen MR) is 105 cm³/mol. The van der Waals surface area contributed by atoms with Crippen LogP contribution in [0.4, 0.5) is 0 Å². The average Bonchev–Trinajstić information content (AvgIpc) is 2.21. The van der Waals surface area contributed by atoms with E-state index >= 15 is 0 Å². The third kappa shape index (κ3) is 14.6. The van der Waals surface area contributed by atoms with Crippen molar-refractivity contribution < 1.29 is 13.6 Å². The number of allylic oxidation sites excluding steroid dienone is 2. The van der Waals surface area contributed by atoms with Crippen molar-refractivity contribution in [2.45, 2.75) is 91.8 Å². The molecule has 0 N–H and O–H groups in total. The first kappa shape index (κ1) is 22.3. The summed E-state index contributed by atoms with van der Waals surface area (Å²) in [6.45, 7) is 21.4. The highest BCUT2D eigenvalue weighted by atomic mass is 28.4. The van der Waals surface area contributed by atoms with Gasteiger partial charge in [-0.2, -0.15) is 0 Å². The number of hydrogen-bond donors (Lipinski definition) is 0. The molecule has 23 heavy (non-hydrogen) atoms. The van der Waals surface area contributed by atoms with Crippen molar-refractivity contribution in [3.05, 3.63) is 23.9 Å². The van der Waals surface area contributed by atoms with Gasteiger partial charge in [-0.05, 0) is 79.0 Å². The molecular formula is C18H38O3Si2. The van der Waals surface area contributed by atoms with E-state index in [2.05, 4.69) is 52.3 Å². The van der Waals surface area contributed by atoms with Gasteiger partial charge in [0.25, 0.3) is 5.95 Å². The molecule has 0 heterocycles. The number of ether oxygens (including phenoxy) is 1. The molecular weight excluding hydrogens is 320 g/mol. The molecule has 5 heteroatoms. The van der Waals surface area contributed by atoms with Gasteiger partial charge in [-0.1, -0.05) is 13.3 Å². The van der Waals surface area contributed by atoms with Crippen LogP contribution in [-0.2, 0) is 13.6 Å². The minimum Gasteiger partial charge on any atom is -0.544 e. The lowest BCUT2D eigenvalue weighted by atomic mass is 10.2. The number of hydrogen-bond acceptors (Lipinski definition) is 3. The Morgan fingerprint density at radius 1 is 0.913 bits per heavy atom. The maximum atomic E-state index is 6.22. The summed E-state index contributed by atoms with van der Waals surface area (Å²) in [5, 5.41) is 0. The average molecular weight is 359 g/mol. The Labute approximate surface area is 146 Å². The first-order chi connectivity index (χ1) is 10.2. The van der Waals surface area contributed by atoms with Crippen LogP contribution in [0.15, 0.2) is 23.9 Å². The van der Waals surface area contributed by atoms with E-state index in [0.29, 0.717) is 5.95 Å². The first-order valence-electron chi connectivity index (χ1n) is 8.71. The minimum absolute atomic E-state index is 0.292. The topological polar surface area (TPSA) is 27.7 Å². The fourth-order valence-corrected chi connectivity index (χ4v) is 3.29. The van der Waals surface area contributed by atoms with Crippen LogP contribution >= 0.6 is 0 Å². The Hall–Kier alpha value is -0.686. The van der Waals surface area contributed by atoms with E-state index in [-0.39, 0.29) is 5.60 Å². The second-order valence-corrected chi connectivity index (χ2v) is 17.7. The number of rotatable bonds is 9. The highest BCUT2D eigenvalue weighted by Gasteiger charge is 2.24. The molecule has 136 valence electrons. The van der Waals surface area contributed by atoms with Crippen molar-refractivity contribution in [2.75, 3.05) is 0 Å². The fraction of sp³-hybridized carbons (Fsp3) is 0.778. The summed E-state index contributed by atoms with van der Waals surface area (Å²) in [6, 6.07) is 0. The van der Waals surface area contributed by atoms with E-state index in [0.717, 1.165) is 18.6 Å². The molecule has 0 amide bonds. The fourth-order valence-electron chi connectivity index (χ4n) is 1.73. The SMILES string of the molecule is CCCC/C=C(\C=C(\OC(C)(C)C)O[Si](C)(C)C)O[Si](C)(C)C. The molecule has 0 rings (SSSR count). The van der Waals surface area contributed by atoms with Crippen LogP contribution in [0.5, 0.6) is 0 Å². The first-order valence-corrected chi connectivity index (χ1v) is 15.5. The Morgan fingerprint density at radius 3 is 1.83 bits per heavy atom. The van der Waals surface area contributed by atoms with E-state index in [4.69, 9.17) is 13.6 Å². The third-order valence-corrected chi connectivity index (χ3v) is 4.06. The van der Waals surface area contributed by atoms with Gasteiger partial charge in [0, 0.05) is 0 Å². The molecule has 0 spiro atoms. The molecule has 0 saturated heterocycles. The molecule has 0 atom stereocenters. The molecule has 0 aromatic carbocycles. The second-order valence-electron chi connectivity index (χ2n) is 8.86. The van der Waals surface area contributed by atoms with Gasteiger partial charge < -0.3 is 13.6 Å². The van der Waals surface area contributed by atoms with E-state index in [1.54, 1.807) is 0 Å². The normalized spacial score (nSPS) is 14.7. The van der Waals surface area contributed by atoms with Crippen LogP contribution in [-0.4, -0.2) is 22.2 Å². The molecule has 0 aliphatic rings. The zero-order valence-corrected chi connectivity index (χ0v) is 19.0. The Kier molecular flexibility index (Phi) is 8.70. The largest absolute Gasteiger partial charge is 0.544 e. The van der Waals surface area contributed by atoms with Gasteiger partial charge >= 0.3 is 0 Å². The minimum atomic E-state index is -1.75. The van der Waals surface area contributed by atoms with Gasteiger partial charge in [-0.25, -0.2) is 0 Å². The Bertz CT molecular complexity index is 389. The van der Waals surface area contributed by atoms with E-state index in [9.17, 15) is 0 Å². The van der Waals surface area contributed by atoms with Crippen LogP contribution < -0.4 is 0 Å². The molecule has 0 aromatic rings. The summed E-state index contributed by atoms with van der Waals surface area (Å²) in [4.78, 5) is 0. The van der Waals surface area contributed by atoms with Crippen molar-refractivity contribution in [2.24, 2.45) is 0 Å². The highest BCUT2D eigenvalue weighted by Crippen LogP contribution is 2.22. The molecule has 0 aromatic heterocycles. The molecule has 0 fully saturated rings. The summed E-state index contributed by atoms with van der Waals surface area (Å²) in [5.74, 6) is 1.47. The van der Waals surface area contributed by atoms with Gasteiger partial charge in [0.1, 0.15) is 11.4 Å². The predicted octanol–water partition coefficient (Wildman–Crippen LogP) is 6.42. The smallest absolute Gasteiger partial charge is 0.269 e. The Balaban J connectivity index is 5.45. The zero-order valence-electron chi connectivity index (χ0n) is 17.0. The molecule has 3 nitrogen and oxygen atoms in total. The van der Waals surface area contributed by atoms with E-state index in [1.807, 2.05) is 26.8 Å². The quantitative estimate of drug-likeness (QED) is 0.206. The lowest BCUT2D eigenvalue weighted by molar-refractivity contribution is -0.00879. The monoisotopic (exact) mass is 358 g/mol. The van der Waals surface area contributed by atoms with Gasteiger partial charge in [0.05, 0.1) is 6.08 Å². The molecule has 0 bridgehead atoms. The van der Waals surface area contributed by atoms with E-state index < -0.39 is 16.6 Å². The van der Waals surface area contributed by atoms with Crippen molar-refractivity contribution in [1.82, 2.24) is 0 Å². The zero-order chi connectivity index (χ0) is 18.3. The van der Waals surface area contributed by atoms with Crippen LogP contribution in [0.2, 0.25) is 39.3 Å². The van der Waals surface area contributed by atoms with Gasteiger partial charge in [0.15, 0.2) is 0 Å². The summed E-state index contributed by atoms with van der Waals surface area (Å²) >= 11 is 0. The molecule has 0 aliphatic carbocycles. The second kappa shape index (κ2) is 8.97. The van der Waals surface area contributed by atoms with Crippen molar-refractivity contribution in [3.8, 4) is 0 Å². The molecule has 0 saturated carbocycles. The highest BCUT2D eigenvalue weighted by molar-refractivity contribution is 6.70. The lowest BCUT2D eigenvalue weighted by Crippen LogP contribution is -2.30.